The van der Waals surface area contributed by atoms with Crippen LogP contribution in [0.25, 0.3) is 10.9 Å². The van der Waals surface area contributed by atoms with Crippen molar-refractivity contribution >= 4 is 28.3 Å². The molecule has 2 aromatic rings. The van der Waals surface area contributed by atoms with E-state index in [4.69, 9.17) is 26.8 Å². The van der Waals surface area contributed by atoms with E-state index in [-0.39, 0.29) is 22.4 Å². The van der Waals surface area contributed by atoms with Crippen molar-refractivity contribution in [1.82, 2.24) is 4.98 Å². The summed E-state index contributed by atoms with van der Waals surface area (Å²) in [5.41, 5.74) is 7.90. The number of carbonyl (C=O) groups excluding carboxylic acids is 1. The lowest BCUT2D eigenvalue weighted by Gasteiger charge is -2.31. The number of aromatic nitrogens is 1. The van der Waals surface area contributed by atoms with Gasteiger partial charge in [-0.15, -0.1) is 0 Å². The molecular weight excluding hydrogens is 378 g/mol. The van der Waals surface area contributed by atoms with Crippen molar-refractivity contribution in [3.8, 4) is 11.8 Å². The second-order valence-electron chi connectivity index (χ2n) is 6.69. The minimum absolute atomic E-state index is 0.0141. The molecule has 0 saturated heterocycles. The standard InChI is InChI=1S/C21H18ClN3O3/c1-2-27-12-6-7-15-11(8-12)9-13(20(22)25-15)18-14(10-23)21(24)28-17-5-3-4-16(26)19(17)18/h6-9,18H,2-5,24H2,1H3. The lowest BCUT2D eigenvalue weighted by atomic mass is 9.78. The Kier molecular flexibility index (Phi) is 4.70. The van der Waals surface area contributed by atoms with E-state index in [9.17, 15) is 10.1 Å². The van der Waals surface area contributed by atoms with Gasteiger partial charge in [0.25, 0.3) is 0 Å². The van der Waals surface area contributed by atoms with Gasteiger partial charge in [0.15, 0.2) is 5.78 Å². The fourth-order valence-corrected chi connectivity index (χ4v) is 4.03. The van der Waals surface area contributed by atoms with Crippen LogP contribution in [0.5, 0.6) is 5.75 Å². The van der Waals surface area contributed by atoms with Crippen LogP contribution in [0.15, 0.2) is 47.1 Å². The number of hydrogen-bond donors (Lipinski definition) is 1. The Morgan fingerprint density at radius 3 is 2.96 bits per heavy atom. The van der Waals surface area contributed by atoms with Crippen molar-refractivity contribution < 1.29 is 14.3 Å². The minimum Gasteiger partial charge on any atom is -0.494 e. The number of ketones is 1. The second-order valence-corrected chi connectivity index (χ2v) is 7.05. The SMILES string of the molecule is CCOc1ccc2nc(Cl)c(C3C(C#N)=C(N)OC4=C3C(=O)CCC4)cc2c1. The highest BCUT2D eigenvalue weighted by molar-refractivity contribution is 6.31. The Morgan fingerprint density at radius 1 is 1.39 bits per heavy atom. The number of rotatable bonds is 3. The van der Waals surface area contributed by atoms with Crippen molar-refractivity contribution in [2.45, 2.75) is 32.1 Å². The zero-order chi connectivity index (χ0) is 19.8. The first-order valence-corrected chi connectivity index (χ1v) is 9.48. The normalized spacial score (nSPS) is 19.3. The number of nitriles is 1. The summed E-state index contributed by atoms with van der Waals surface area (Å²) in [6, 6.07) is 9.46. The summed E-state index contributed by atoms with van der Waals surface area (Å²) in [7, 11) is 0. The van der Waals surface area contributed by atoms with Crippen LogP contribution in [-0.4, -0.2) is 17.4 Å². The maximum Gasteiger partial charge on any atom is 0.205 e. The molecule has 1 atom stereocenters. The number of nitrogens with zero attached hydrogens (tertiary/aromatic N) is 2. The highest BCUT2D eigenvalue weighted by atomic mass is 35.5. The van der Waals surface area contributed by atoms with Crippen LogP contribution in [0.1, 0.15) is 37.7 Å². The van der Waals surface area contributed by atoms with Crippen LogP contribution >= 0.6 is 11.6 Å². The van der Waals surface area contributed by atoms with Crippen molar-refractivity contribution in [2.75, 3.05) is 6.61 Å². The van der Waals surface area contributed by atoms with Gasteiger partial charge >= 0.3 is 0 Å². The summed E-state index contributed by atoms with van der Waals surface area (Å²) in [4.78, 5) is 17.2. The van der Waals surface area contributed by atoms with Crippen molar-refractivity contribution in [3.05, 3.63) is 57.8 Å². The van der Waals surface area contributed by atoms with Crippen molar-refractivity contribution in [3.63, 3.8) is 0 Å². The van der Waals surface area contributed by atoms with Gasteiger partial charge in [-0.1, -0.05) is 11.6 Å². The third-order valence-electron chi connectivity index (χ3n) is 4.99. The van der Waals surface area contributed by atoms with Gasteiger partial charge in [0.05, 0.1) is 18.0 Å². The first-order chi connectivity index (χ1) is 13.5. The summed E-state index contributed by atoms with van der Waals surface area (Å²) in [6.07, 6.45) is 1.70. The average molecular weight is 396 g/mol. The van der Waals surface area contributed by atoms with E-state index in [1.54, 1.807) is 0 Å². The Balaban J connectivity index is 1.93. The van der Waals surface area contributed by atoms with Gasteiger partial charge in [-0.2, -0.15) is 5.26 Å². The molecule has 6 nitrogen and oxygen atoms in total. The second kappa shape index (κ2) is 7.17. The average Bonchev–Trinajstić information content (AvgIpc) is 2.67. The zero-order valence-corrected chi connectivity index (χ0v) is 16.0. The zero-order valence-electron chi connectivity index (χ0n) is 15.3. The number of fused-ring (bicyclic) bond motifs is 1. The molecule has 4 rings (SSSR count). The monoisotopic (exact) mass is 395 g/mol. The molecule has 2 heterocycles. The molecule has 0 spiro atoms. The van der Waals surface area contributed by atoms with Gasteiger partial charge in [-0.05, 0) is 37.6 Å². The molecule has 2 N–H and O–H groups in total. The quantitative estimate of drug-likeness (QED) is 0.785. The van der Waals surface area contributed by atoms with Crippen molar-refractivity contribution in [1.29, 1.82) is 5.26 Å². The van der Waals surface area contributed by atoms with Gasteiger partial charge in [-0.25, -0.2) is 4.98 Å². The summed E-state index contributed by atoms with van der Waals surface area (Å²) in [5.74, 6) is 0.519. The van der Waals surface area contributed by atoms with E-state index in [1.807, 2.05) is 31.2 Å². The van der Waals surface area contributed by atoms with Gasteiger partial charge in [0.2, 0.25) is 5.88 Å². The fourth-order valence-electron chi connectivity index (χ4n) is 3.77. The summed E-state index contributed by atoms with van der Waals surface area (Å²) >= 11 is 6.50. The summed E-state index contributed by atoms with van der Waals surface area (Å²) in [6.45, 7) is 2.45. The lowest BCUT2D eigenvalue weighted by Crippen LogP contribution is -2.27. The third-order valence-corrected chi connectivity index (χ3v) is 5.30. The minimum atomic E-state index is -0.679. The summed E-state index contributed by atoms with van der Waals surface area (Å²) in [5, 5.41) is 10.7. The van der Waals surface area contributed by atoms with Crippen molar-refractivity contribution in [2.24, 2.45) is 5.73 Å². The molecule has 1 aromatic carbocycles. The Bertz CT molecular complexity index is 1100. The maximum atomic E-state index is 12.7. The third kappa shape index (κ3) is 2.98. The number of hydrogen-bond acceptors (Lipinski definition) is 6. The number of pyridine rings is 1. The van der Waals surface area contributed by atoms with Gasteiger partial charge in [0.1, 0.15) is 28.3 Å². The van der Waals surface area contributed by atoms with E-state index in [0.717, 1.165) is 5.39 Å². The summed E-state index contributed by atoms with van der Waals surface area (Å²) < 4.78 is 11.2. The smallest absolute Gasteiger partial charge is 0.205 e. The molecule has 142 valence electrons. The molecule has 0 radical (unpaired) electrons. The maximum absolute atomic E-state index is 12.7. The Morgan fingerprint density at radius 2 is 2.21 bits per heavy atom. The van der Waals surface area contributed by atoms with Gasteiger partial charge in [0, 0.05) is 29.4 Å². The number of allylic oxidation sites excluding steroid dienone is 3. The van der Waals surface area contributed by atoms with E-state index in [1.165, 1.54) is 0 Å². The number of benzene rings is 1. The first-order valence-electron chi connectivity index (χ1n) is 9.10. The van der Waals surface area contributed by atoms with E-state index < -0.39 is 5.92 Å². The number of nitrogens with two attached hydrogens (primary N) is 1. The molecular formula is C21H18ClN3O3. The van der Waals surface area contributed by atoms with Crippen LogP contribution in [0.2, 0.25) is 5.15 Å². The number of halogens is 1. The van der Waals surface area contributed by atoms with Gasteiger partial charge < -0.3 is 15.2 Å². The van der Waals surface area contributed by atoms with Gasteiger partial charge in [-0.3, -0.25) is 4.79 Å². The number of Topliss-reactive ketones (excluding diaryl/α,β-unsaturated/α-hetero) is 1. The molecule has 1 unspecified atom stereocenters. The van der Waals surface area contributed by atoms with Crippen LogP contribution in [-0.2, 0) is 9.53 Å². The Labute approximate surface area is 167 Å². The molecule has 0 fully saturated rings. The molecule has 1 aliphatic heterocycles. The Hall–Kier alpha value is -3.04. The predicted molar refractivity (Wildman–Crippen MR) is 104 cm³/mol. The molecule has 28 heavy (non-hydrogen) atoms. The molecule has 2 aliphatic rings. The lowest BCUT2D eigenvalue weighted by molar-refractivity contribution is -0.116. The topological polar surface area (TPSA) is 98.2 Å². The van der Waals surface area contributed by atoms with Crippen LogP contribution < -0.4 is 10.5 Å². The highest BCUT2D eigenvalue weighted by Gasteiger charge is 2.39. The van der Waals surface area contributed by atoms with Crippen LogP contribution in [0.4, 0.5) is 0 Å². The largest absolute Gasteiger partial charge is 0.494 e. The molecule has 0 bridgehead atoms. The molecule has 7 heteroatoms. The molecule has 1 aromatic heterocycles. The molecule has 1 aliphatic carbocycles. The molecule has 0 saturated carbocycles. The van der Waals surface area contributed by atoms with Crippen LogP contribution in [0, 0.1) is 11.3 Å². The van der Waals surface area contributed by atoms with E-state index in [2.05, 4.69) is 11.1 Å². The fraction of sp³-hybridized carbons (Fsp3) is 0.286. The van der Waals surface area contributed by atoms with E-state index >= 15 is 0 Å². The van der Waals surface area contributed by atoms with Crippen LogP contribution in [0.3, 0.4) is 0 Å². The first kappa shape index (κ1) is 18.3. The number of carbonyl (C=O) groups is 1. The number of ether oxygens (including phenoxy) is 2. The molecule has 0 amide bonds. The van der Waals surface area contributed by atoms with E-state index in [0.29, 0.717) is 54.0 Å². The predicted octanol–water partition coefficient (Wildman–Crippen LogP) is 4.10. The highest BCUT2D eigenvalue weighted by Crippen LogP contribution is 2.45.